The molecule has 0 unspecified atom stereocenters. The lowest BCUT2D eigenvalue weighted by molar-refractivity contribution is 0.0967. The lowest BCUT2D eigenvalue weighted by Gasteiger charge is -2.19. The van der Waals surface area contributed by atoms with Gasteiger partial charge in [0.05, 0.1) is 0 Å². The van der Waals surface area contributed by atoms with Crippen LogP contribution in [0.1, 0.15) is 57.0 Å². The van der Waals surface area contributed by atoms with Crippen LogP contribution in [0.2, 0.25) is 0 Å². The molecule has 0 aliphatic rings. The van der Waals surface area contributed by atoms with Crippen LogP contribution in [0, 0.1) is 5.92 Å². The first-order valence-corrected chi connectivity index (χ1v) is 5.94. The zero-order chi connectivity index (χ0) is 12.3. The maximum absolute atomic E-state index is 11.9. The summed E-state index contributed by atoms with van der Waals surface area (Å²) in [5.41, 5.74) is 2.18. The third-order valence-corrected chi connectivity index (χ3v) is 2.64. The van der Waals surface area contributed by atoms with E-state index in [1.54, 1.807) is 0 Å². The van der Waals surface area contributed by atoms with Crippen molar-refractivity contribution in [3.05, 3.63) is 35.4 Å². The minimum Gasteiger partial charge on any atom is -0.294 e. The molecule has 88 valence electrons. The second-order valence-electron chi connectivity index (χ2n) is 5.85. The van der Waals surface area contributed by atoms with Crippen molar-refractivity contribution in [3.63, 3.8) is 0 Å². The van der Waals surface area contributed by atoms with Crippen molar-refractivity contribution in [2.45, 2.75) is 46.5 Å². The van der Waals surface area contributed by atoms with Gasteiger partial charge in [-0.15, -0.1) is 0 Å². The SMILES string of the molecule is CC(C)CC(=O)c1cccc(C(C)(C)C)c1. The number of hydrogen-bond donors (Lipinski definition) is 0. The molecule has 0 aliphatic heterocycles. The predicted octanol–water partition coefficient (Wildman–Crippen LogP) is 4.21. The highest BCUT2D eigenvalue weighted by Gasteiger charge is 2.15. The molecule has 1 aromatic rings. The van der Waals surface area contributed by atoms with Gasteiger partial charge in [-0.05, 0) is 23.0 Å². The van der Waals surface area contributed by atoms with Crippen LogP contribution in [-0.4, -0.2) is 5.78 Å². The fourth-order valence-corrected chi connectivity index (χ4v) is 1.65. The van der Waals surface area contributed by atoms with Crippen LogP contribution in [0.4, 0.5) is 0 Å². The van der Waals surface area contributed by atoms with Crippen LogP contribution >= 0.6 is 0 Å². The molecule has 0 spiro atoms. The number of benzene rings is 1. The minimum absolute atomic E-state index is 0.105. The van der Waals surface area contributed by atoms with Gasteiger partial charge in [0.15, 0.2) is 5.78 Å². The van der Waals surface area contributed by atoms with Crippen LogP contribution < -0.4 is 0 Å². The molecule has 0 aromatic heterocycles. The maximum atomic E-state index is 11.9. The molecule has 1 rings (SSSR count). The van der Waals surface area contributed by atoms with E-state index in [0.717, 1.165) is 5.56 Å². The molecule has 0 aliphatic carbocycles. The standard InChI is InChI=1S/C15H22O/c1-11(2)9-14(16)12-7-6-8-13(10-12)15(3,4)5/h6-8,10-11H,9H2,1-5H3. The third-order valence-electron chi connectivity index (χ3n) is 2.64. The lowest BCUT2D eigenvalue weighted by Crippen LogP contribution is -2.12. The Morgan fingerprint density at radius 3 is 2.38 bits per heavy atom. The second kappa shape index (κ2) is 4.82. The first-order valence-electron chi connectivity index (χ1n) is 5.94. The molecule has 0 amide bonds. The van der Waals surface area contributed by atoms with Crippen molar-refractivity contribution in [2.24, 2.45) is 5.92 Å². The van der Waals surface area contributed by atoms with E-state index in [1.807, 2.05) is 18.2 Å². The molecule has 1 nitrogen and oxygen atoms in total. The third kappa shape index (κ3) is 3.48. The summed E-state index contributed by atoms with van der Waals surface area (Å²) in [5, 5.41) is 0. The molecule has 0 N–H and O–H groups in total. The Balaban J connectivity index is 2.95. The van der Waals surface area contributed by atoms with Crippen molar-refractivity contribution < 1.29 is 4.79 Å². The van der Waals surface area contributed by atoms with Crippen molar-refractivity contribution in [1.82, 2.24) is 0 Å². The molecule has 0 bridgehead atoms. The van der Waals surface area contributed by atoms with Gasteiger partial charge in [0, 0.05) is 12.0 Å². The van der Waals surface area contributed by atoms with E-state index in [1.165, 1.54) is 5.56 Å². The van der Waals surface area contributed by atoms with Crippen molar-refractivity contribution >= 4 is 5.78 Å². The van der Waals surface area contributed by atoms with Gasteiger partial charge in [0.2, 0.25) is 0 Å². The van der Waals surface area contributed by atoms with Crippen LogP contribution in [0.3, 0.4) is 0 Å². The Morgan fingerprint density at radius 1 is 1.25 bits per heavy atom. The Bertz CT molecular complexity index is 369. The maximum Gasteiger partial charge on any atom is 0.163 e. The van der Waals surface area contributed by atoms with Crippen molar-refractivity contribution in [2.75, 3.05) is 0 Å². The zero-order valence-corrected chi connectivity index (χ0v) is 11.0. The largest absolute Gasteiger partial charge is 0.294 e. The molecule has 0 fully saturated rings. The van der Waals surface area contributed by atoms with Gasteiger partial charge in [-0.25, -0.2) is 0 Å². The fraction of sp³-hybridized carbons (Fsp3) is 0.533. The number of hydrogen-bond acceptors (Lipinski definition) is 1. The molecule has 1 heteroatoms. The highest BCUT2D eigenvalue weighted by Crippen LogP contribution is 2.23. The minimum atomic E-state index is 0.105. The van der Waals surface area contributed by atoms with Crippen LogP contribution in [0.25, 0.3) is 0 Å². The zero-order valence-electron chi connectivity index (χ0n) is 11.0. The quantitative estimate of drug-likeness (QED) is 0.694. The first kappa shape index (κ1) is 13.0. The summed E-state index contributed by atoms with van der Waals surface area (Å²) in [6.07, 6.45) is 0.633. The monoisotopic (exact) mass is 218 g/mol. The van der Waals surface area contributed by atoms with Crippen molar-refractivity contribution in [1.29, 1.82) is 0 Å². The van der Waals surface area contributed by atoms with Crippen LogP contribution in [-0.2, 0) is 5.41 Å². The molecule has 0 atom stereocenters. The Kier molecular flexibility index (Phi) is 3.90. The molecule has 0 heterocycles. The normalized spacial score (nSPS) is 11.9. The van der Waals surface area contributed by atoms with Gasteiger partial charge in [0.25, 0.3) is 0 Å². The molecule has 0 saturated carbocycles. The van der Waals surface area contributed by atoms with Crippen LogP contribution in [0.5, 0.6) is 0 Å². The Labute approximate surface area is 98.9 Å². The average molecular weight is 218 g/mol. The van der Waals surface area contributed by atoms with Crippen LogP contribution in [0.15, 0.2) is 24.3 Å². The van der Waals surface area contributed by atoms with Gasteiger partial charge in [-0.1, -0.05) is 52.8 Å². The number of carbonyl (C=O) groups excluding carboxylic acids is 1. The van der Waals surface area contributed by atoms with E-state index >= 15 is 0 Å². The number of Topliss-reactive ketones (excluding diaryl/α,β-unsaturated/α-hetero) is 1. The predicted molar refractivity (Wildman–Crippen MR) is 68.9 cm³/mol. The highest BCUT2D eigenvalue weighted by atomic mass is 16.1. The van der Waals surface area contributed by atoms with Crippen molar-refractivity contribution in [3.8, 4) is 0 Å². The summed E-state index contributed by atoms with van der Waals surface area (Å²) in [6.45, 7) is 10.6. The second-order valence-corrected chi connectivity index (χ2v) is 5.85. The number of ketones is 1. The molecule has 0 saturated heterocycles. The summed E-state index contributed by atoms with van der Waals surface area (Å²) in [6, 6.07) is 8.02. The van der Waals surface area contributed by atoms with E-state index in [9.17, 15) is 4.79 Å². The molecule has 16 heavy (non-hydrogen) atoms. The topological polar surface area (TPSA) is 17.1 Å². The molecule has 0 radical (unpaired) electrons. The molecular weight excluding hydrogens is 196 g/mol. The summed E-state index contributed by atoms with van der Waals surface area (Å²) in [7, 11) is 0. The van der Waals surface area contributed by atoms with Gasteiger partial charge >= 0.3 is 0 Å². The molecule has 1 aromatic carbocycles. The number of rotatable bonds is 3. The molecular formula is C15H22O. The lowest BCUT2D eigenvalue weighted by atomic mass is 9.85. The van der Waals surface area contributed by atoms with E-state index in [-0.39, 0.29) is 11.2 Å². The number of carbonyl (C=O) groups is 1. The van der Waals surface area contributed by atoms with E-state index in [2.05, 4.69) is 40.7 Å². The summed E-state index contributed by atoms with van der Waals surface area (Å²) in [5.74, 6) is 0.673. The van der Waals surface area contributed by atoms with Gasteiger partial charge in [-0.2, -0.15) is 0 Å². The Hall–Kier alpha value is -1.11. The van der Waals surface area contributed by atoms with Gasteiger partial charge < -0.3 is 0 Å². The fourth-order valence-electron chi connectivity index (χ4n) is 1.65. The Morgan fingerprint density at radius 2 is 1.88 bits per heavy atom. The van der Waals surface area contributed by atoms with Gasteiger partial charge in [0.1, 0.15) is 0 Å². The van der Waals surface area contributed by atoms with E-state index < -0.39 is 0 Å². The smallest absolute Gasteiger partial charge is 0.163 e. The van der Waals surface area contributed by atoms with E-state index in [0.29, 0.717) is 12.3 Å². The summed E-state index contributed by atoms with van der Waals surface area (Å²) in [4.78, 5) is 11.9. The van der Waals surface area contributed by atoms with Gasteiger partial charge in [-0.3, -0.25) is 4.79 Å². The summed E-state index contributed by atoms with van der Waals surface area (Å²) >= 11 is 0. The first-order chi connectivity index (χ1) is 7.30. The summed E-state index contributed by atoms with van der Waals surface area (Å²) < 4.78 is 0. The average Bonchev–Trinajstić information content (AvgIpc) is 2.15. The van der Waals surface area contributed by atoms with E-state index in [4.69, 9.17) is 0 Å². The highest BCUT2D eigenvalue weighted by molar-refractivity contribution is 5.96.